The molecule has 2 atom stereocenters. The first-order chi connectivity index (χ1) is 11.3. The minimum atomic E-state index is -1.10. The van der Waals surface area contributed by atoms with Crippen molar-refractivity contribution in [2.75, 3.05) is 18.1 Å². The Morgan fingerprint density at radius 3 is 2.42 bits per heavy atom. The molecule has 1 rings (SSSR count). The van der Waals surface area contributed by atoms with Gasteiger partial charge >= 0.3 is 11.9 Å². The number of hydrogen-bond acceptors (Lipinski definition) is 8. The smallest absolute Gasteiger partial charge is 0.321 e. The molecular formula is C14H20N2O6S2. The number of nitrogens with two attached hydrogens (primary N) is 1. The Kier molecular flexibility index (Phi) is 8.76. The van der Waals surface area contributed by atoms with Gasteiger partial charge in [0, 0.05) is 18.1 Å². The van der Waals surface area contributed by atoms with Crippen molar-refractivity contribution in [2.24, 2.45) is 5.73 Å². The average molecular weight is 376 g/mol. The van der Waals surface area contributed by atoms with Gasteiger partial charge in [0.2, 0.25) is 0 Å². The van der Waals surface area contributed by atoms with Gasteiger partial charge in [-0.05, 0) is 30.2 Å². The Hall–Kier alpha value is -1.62. The molecule has 134 valence electrons. The Labute approximate surface area is 146 Å². The Bertz CT molecular complexity index is 572. The van der Waals surface area contributed by atoms with Gasteiger partial charge in [-0.3, -0.25) is 9.59 Å². The highest BCUT2D eigenvalue weighted by Crippen LogP contribution is 2.24. The van der Waals surface area contributed by atoms with E-state index in [1.807, 2.05) is 0 Å². The number of aromatic hydroxyl groups is 2. The quantitative estimate of drug-likeness (QED) is 0.182. The van der Waals surface area contributed by atoms with Gasteiger partial charge in [0.1, 0.15) is 23.6 Å². The summed E-state index contributed by atoms with van der Waals surface area (Å²) >= 11 is 0. The second-order valence-electron chi connectivity index (χ2n) is 4.92. The zero-order chi connectivity index (χ0) is 18.1. The lowest BCUT2D eigenvalue weighted by Gasteiger charge is -2.14. The number of nitrogens with one attached hydrogen (secondary N) is 1. The van der Waals surface area contributed by atoms with Crippen LogP contribution in [0, 0.1) is 0 Å². The van der Waals surface area contributed by atoms with Crippen LogP contribution in [0.2, 0.25) is 0 Å². The molecule has 0 saturated heterocycles. The Morgan fingerprint density at radius 1 is 1.12 bits per heavy atom. The SMILES string of the molecule is NC(CSSC[C@H](NCCc1cc(O)ccc1O)C(=O)O)C(=O)O. The van der Waals surface area contributed by atoms with Crippen molar-refractivity contribution in [3.63, 3.8) is 0 Å². The molecule has 0 saturated carbocycles. The zero-order valence-electron chi connectivity index (χ0n) is 12.7. The van der Waals surface area contributed by atoms with Crippen molar-refractivity contribution in [1.82, 2.24) is 5.32 Å². The Balaban J connectivity index is 2.37. The number of rotatable bonds is 11. The van der Waals surface area contributed by atoms with Crippen LogP contribution in [0.3, 0.4) is 0 Å². The largest absolute Gasteiger partial charge is 0.508 e. The maximum Gasteiger partial charge on any atom is 0.321 e. The summed E-state index contributed by atoms with van der Waals surface area (Å²) < 4.78 is 0. The van der Waals surface area contributed by atoms with Gasteiger partial charge in [-0.15, -0.1) is 0 Å². The first kappa shape index (κ1) is 20.4. The molecule has 0 radical (unpaired) electrons. The van der Waals surface area contributed by atoms with E-state index in [4.69, 9.17) is 10.8 Å². The number of aliphatic carboxylic acids is 2. The molecule has 8 nitrogen and oxygen atoms in total. The van der Waals surface area contributed by atoms with Crippen LogP contribution in [0.5, 0.6) is 11.5 Å². The second kappa shape index (κ2) is 10.3. The lowest BCUT2D eigenvalue weighted by molar-refractivity contribution is -0.139. The third-order valence-corrected chi connectivity index (χ3v) is 5.48. The number of carboxylic acid groups (broad SMARTS) is 2. The summed E-state index contributed by atoms with van der Waals surface area (Å²) in [6.45, 7) is 0.299. The number of carboxylic acids is 2. The lowest BCUT2D eigenvalue weighted by atomic mass is 10.1. The van der Waals surface area contributed by atoms with Gasteiger partial charge in [0.05, 0.1) is 0 Å². The average Bonchev–Trinajstić information content (AvgIpc) is 2.52. The van der Waals surface area contributed by atoms with Crippen LogP contribution in [-0.2, 0) is 16.0 Å². The van der Waals surface area contributed by atoms with E-state index in [1.165, 1.54) is 39.8 Å². The van der Waals surface area contributed by atoms with E-state index in [2.05, 4.69) is 5.32 Å². The van der Waals surface area contributed by atoms with Gasteiger partial charge in [0.15, 0.2) is 0 Å². The highest BCUT2D eigenvalue weighted by Gasteiger charge is 2.18. The predicted octanol–water partition coefficient (Wildman–Crippen LogP) is 0.476. The molecule has 0 aliphatic rings. The van der Waals surface area contributed by atoms with E-state index in [1.54, 1.807) is 0 Å². The monoisotopic (exact) mass is 376 g/mol. The highest BCUT2D eigenvalue weighted by molar-refractivity contribution is 8.76. The maximum atomic E-state index is 11.2. The van der Waals surface area contributed by atoms with Gasteiger partial charge in [-0.1, -0.05) is 21.6 Å². The van der Waals surface area contributed by atoms with Gasteiger partial charge in [0.25, 0.3) is 0 Å². The first-order valence-electron chi connectivity index (χ1n) is 7.01. The van der Waals surface area contributed by atoms with Crippen LogP contribution in [0.15, 0.2) is 18.2 Å². The fourth-order valence-electron chi connectivity index (χ4n) is 1.68. The topological polar surface area (TPSA) is 153 Å². The molecule has 1 unspecified atom stereocenters. The van der Waals surface area contributed by atoms with E-state index in [0.717, 1.165) is 0 Å². The van der Waals surface area contributed by atoms with Crippen LogP contribution in [0.1, 0.15) is 5.56 Å². The van der Waals surface area contributed by atoms with Crippen LogP contribution in [0.25, 0.3) is 0 Å². The minimum absolute atomic E-state index is 0.0271. The van der Waals surface area contributed by atoms with Crippen molar-refractivity contribution in [1.29, 1.82) is 0 Å². The van der Waals surface area contributed by atoms with E-state index < -0.39 is 24.0 Å². The molecule has 0 aliphatic carbocycles. The van der Waals surface area contributed by atoms with Gasteiger partial charge in [-0.25, -0.2) is 0 Å². The number of benzene rings is 1. The first-order valence-corrected chi connectivity index (χ1v) is 9.50. The van der Waals surface area contributed by atoms with E-state index in [9.17, 15) is 24.9 Å². The number of carbonyl (C=O) groups is 2. The third kappa shape index (κ3) is 7.30. The summed E-state index contributed by atoms with van der Waals surface area (Å²) in [5, 5.41) is 39.7. The molecular weight excluding hydrogens is 356 g/mol. The summed E-state index contributed by atoms with van der Waals surface area (Å²) in [7, 11) is 2.43. The van der Waals surface area contributed by atoms with E-state index in [-0.39, 0.29) is 23.0 Å². The number of phenols is 2. The molecule has 24 heavy (non-hydrogen) atoms. The molecule has 1 aromatic rings. The lowest BCUT2D eigenvalue weighted by Crippen LogP contribution is -2.39. The molecule has 0 aromatic heterocycles. The number of phenolic OH excluding ortho intramolecular Hbond substituents is 2. The summed E-state index contributed by atoms with van der Waals surface area (Å²) in [5.74, 6) is -1.64. The van der Waals surface area contributed by atoms with Gasteiger partial charge < -0.3 is 31.5 Å². The van der Waals surface area contributed by atoms with Crippen molar-refractivity contribution in [3.05, 3.63) is 23.8 Å². The van der Waals surface area contributed by atoms with Crippen molar-refractivity contribution >= 4 is 33.5 Å². The summed E-state index contributed by atoms with van der Waals surface area (Å²) in [6.07, 6.45) is 0.353. The third-order valence-electron chi connectivity index (χ3n) is 3.03. The Morgan fingerprint density at radius 2 is 1.79 bits per heavy atom. The summed E-state index contributed by atoms with van der Waals surface area (Å²) in [6, 6.07) is 2.36. The fraction of sp³-hybridized carbons (Fsp3) is 0.429. The molecule has 1 aromatic carbocycles. The highest BCUT2D eigenvalue weighted by atomic mass is 33.1. The van der Waals surface area contributed by atoms with Crippen molar-refractivity contribution in [2.45, 2.75) is 18.5 Å². The molecule has 0 aliphatic heterocycles. The standard InChI is InChI=1S/C14H20N2O6S2/c15-10(13(19)20)6-23-24-7-11(14(21)22)16-4-3-8-5-9(17)1-2-12(8)18/h1-2,5,10-11,16-18H,3-4,6-7,15H2,(H,19,20)(H,21,22)/t10?,11-/m0/s1. The maximum absolute atomic E-state index is 11.2. The molecule has 7 N–H and O–H groups in total. The van der Waals surface area contributed by atoms with Crippen molar-refractivity contribution in [3.8, 4) is 11.5 Å². The van der Waals surface area contributed by atoms with Gasteiger partial charge in [-0.2, -0.15) is 0 Å². The fourth-order valence-corrected chi connectivity index (χ4v) is 3.98. The molecule has 0 spiro atoms. The van der Waals surface area contributed by atoms with E-state index >= 15 is 0 Å². The minimum Gasteiger partial charge on any atom is -0.508 e. The summed E-state index contributed by atoms with van der Waals surface area (Å²) in [5.41, 5.74) is 5.87. The van der Waals surface area contributed by atoms with Crippen molar-refractivity contribution < 1.29 is 30.0 Å². The molecule has 0 amide bonds. The van der Waals surface area contributed by atoms with Crippen LogP contribution >= 0.6 is 21.6 Å². The predicted molar refractivity (Wildman–Crippen MR) is 93.4 cm³/mol. The second-order valence-corrected chi connectivity index (χ2v) is 7.47. The number of hydrogen-bond donors (Lipinski definition) is 6. The summed E-state index contributed by atoms with van der Waals surface area (Å²) in [4.78, 5) is 21.8. The van der Waals surface area contributed by atoms with Crippen LogP contribution in [0.4, 0.5) is 0 Å². The van der Waals surface area contributed by atoms with E-state index in [0.29, 0.717) is 18.5 Å². The van der Waals surface area contributed by atoms with Crippen LogP contribution in [-0.4, -0.2) is 62.5 Å². The molecule has 0 fully saturated rings. The van der Waals surface area contributed by atoms with Crippen LogP contribution < -0.4 is 11.1 Å². The zero-order valence-corrected chi connectivity index (χ0v) is 14.3. The molecule has 10 heteroatoms. The molecule has 0 bridgehead atoms. The molecule has 0 heterocycles. The normalized spacial score (nSPS) is 13.4.